The van der Waals surface area contributed by atoms with E-state index in [0.29, 0.717) is 36.4 Å². The van der Waals surface area contributed by atoms with Crippen molar-refractivity contribution in [3.63, 3.8) is 0 Å². The fourth-order valence-corrected chi connectivity index (χ4v) is 4.85. The molecule has 0 radical (unpaired) electrons. The van der Waals surface area contributed by atoms with Crippen LogP contribution >= 0.6 is 15.9 Å². The zero-order chi connectivity index (χ0) is 17.9. The first kappa shape index (κ1) is 18.1. The fourth-order valence-electron chi connectivity index (χ4n) is 2.89. The zero-order valence-electron chi connectivity index (χ0n) is 13.6. The van der Waals surface area contributed by atoms with Gasteiger partial charge in [0, 0.05) is 23.6 Å². The van der Waals surface area contributed by atoms with Gasteiger partial charge in [0.1, 0.15) is 0 Å². The number of nitrogens with one attached hydrogen (secondary N) is 1. The van der Waals surface area contributed by atoms with Crippen LogP contribution in [-0.2, 0) is 10.0 Å². The Bertz CT molecular complexity index is 848. The Hall–Kier alpha value is -1.70. The second-order valence-electron chi connectivity index (χ2n) is 5.94. The third-order valence-electron chi connectivity index (χ3n) is 4.29. The minimum atomic E-state index is -3.46. The standard InChI is InChI=1S/C18H19BrN2O3S/c19-17-9-5-4-8-16(17)18(22)20-14-10-12-21(13-11-14)25(23,24)15-6-2-1-3-7-15/h1-9,14H,10-13H2,(H,20,22). The number of carbonyl (C=O) groups excluding carboxylic acids is 1. The maximum absolute atomic E-state index is 12.6. The summed E-state index contributed by atoms with van der Waals surface area (Å²) in [5.41, 5.74) is 0.585. The van der Waals surface area contributed by atoms with E-state index in [1.54, 1.807) is 36.4 Å². The Morgan fingerprint density at radius 1 is 1.00 bits per heavy atom. The summed E-state index contributed by atoms with van der Waals surface area (Å²) in [6, 6.07) is 15.7. The lowest BCUT2D eigenvalue weighted by atomic mass is 10.1. The van der Waals surface area contributed by atoms with Crippen LogP contribution in [0.3, 0.4) is 0 Å². The topological polar surface area (TPSA) is 66.5 Å². The molecule has 2 aromatic carbocycles. The van der Waals surface area contributed by atoms with Crippen LogP contribution in [0.2, 0.25) is 0 Å². The van der Waals surface area contributed by atoms with Crippen LogP contribution in [0.25, 0.3) is 0 Å². The van der Waals surface area contributed by atoms with Crippen molar-refractivity contribution in [3.8, 4) is 0 Å². The molecule has 0 aromatic heterocycles. The second kappa shape index (κ2) is 7.68. The lowest BCUT2D eigenvalue weighted by Gasteiger charge is -2.31. The summed E-state index contributed by atoms with van der Waals surface area (Å²) in [6.07, 6.45) is 1.20. The molecule has 1 aliphatic rings. The van der Waals surface area contributed by atoms with E-state index in [2.05, 4.69) is 21.2 Å². The number of sulfonamides is 1. The summed E-state index contributed by atoms with van der Waals surface area (Å²) in [5.74, 6) is -0.142. The smallest absolute Gasteiger partial charge is 0.252 e. The normalized spacial score (nSPS) is 16.5. The third-order valence-corrected chi connectivity index (χ3v) is 6.89. The molecule has 7 heteroatoms. The zero-order valence-corrected chi connectivity index (χ0v) is 16.0. The Labute approximate surface area is 156 Å². The van der Waals surface area contributed by atoms with Crippen molar-refractivity contribution in [2.75, 3.05) is 13.1 Å². The number of hydrogen-bond donors (Lipinski definition) is 1. The quantitative estimate of drug-likeness (QED) is 0.822. The molecular weight excluding hydrogens is 404 g/mol. The van der Waals surface area contributed by atoms with Gasteiger partial charge in [-0.15, -0.1) is 0 Å². The number of hydrogen-bond acceptors (Lipinski definition) is 3. The van der Waals surface area contributed by atoms with E-state index in [-0.39, 0.29) is 11.9 Å². The van der Waals surface area contributed by atoms with Gasteiger partial charge in [-0.1, -0.05) is 30.3 Å². The fraction of sp³-hybridized carbons (Fsp3) is 0.278. The molecule has 1 heterocycles. The van der Waals surface area contributed by atoms with Gasteiger partial charge in [-0.3, -0.25) is 4.79 Å². The summed E-state index contributed by atoms with van der Waals surface area (Å²) >= 11 is 3.37. The maximum atomic E-state index is 12.6. The number of nitrogens with zero attached hydrogens (tertiary/aromatic N) is 1. The van der Waals surface area contributed by atoms with E-state index >= 15 is 0 Å². The predicted molar refractivity (Wildman–Crippen MR) is 99.8 cm³/mol. The highest BCUT2D eigenvalue weighted by atomic mass is 79.9. The Morgan fingerprint density at radius 2 is 1.60 bits per heavy atom. The number of halogens is 1. The van der Waals surface area contributed by atoms with E-state index in [4.69, 9.17) is 0 Å². The first-order valence-corrected chi connectivity index (χ1v) is 10.3. The molecule has 0 bridgehead atoms. The highest BCUT2D eigenvalue weighted by molar-refractivity contribution is 9.10. The SMILES string of the molecule is O=C(NC1CCN(S(=O)(=O)c2ccccc2)CC1)c1ccccc1Br. The summed E-state index contributed by atoms with van der Waals surface area (Å²) in [4.78, 5) is 12.7. The molecule has 25 heavy (non-hydrogen) atoms. The molecular formula is C18H19BrN2O3S. The first-order valence-electron chi connectivity index (χ1n) is 8.09. The van der Waals surface area contributed by atoms with Gasteiger partial charge in [-0.25, -0.2) is 8.42 Å². The first-order chi connectivity index (χ1) is 12.0. The van der Waals surface area contributed by atoms with Crippen molar-refractivity contribution < 1.29 is 13.2 Å². The van der Waals surface area contributed by atoms with Gasteiger partial charge >= 0.3 is 0 Å². The molecule has 2 aromatic rings. The highest BCUT2D eigenvalue weighted by Crippen LogP contribution is 2.21. The minimum Gasteiger partial charge on any atom is -0.349 e. The van der Waals surface area contributed by atoms with Crippen molar-refractivity contribution in [2.45, 2.75) is 23.8 Å². The second-order valence-corrected chi connectivity index (χ2v) is 8.74. The number of carbonyl (C=O) groups is 1. The summed E-state index contributed by atoms with van der Waals surface area (Å²) in [7, 11) is -3.46. The van der Waals surface area contributed by atoms with Crippen LogP contribution in [0.5, 0.6) is 0 Å². The molecule has 132 valence electrons. The molecule has 1 saturated heterocycles. The predicted octanol–water partition coefficient (Wildman–Crippen LogP) is 3.03. The molecule has 0 unspecified atom stereocenters. The Balaban J connectivity index is 1.61. The van der Waals surface area contributed by atoms with E-state index in [0.717, 1.165) is 4.47 Å². The van der Waals surface area contributed by atoms with Gasteiger partial charge in [0.25, 0.3) is 5.91 Å². The summed E-state index contributed by atoms with van der Waals surface area (Å²) in [5, 5.41) is 3.00. The van der Waals surface area contributed by atoms with Crippen LogP contribution in [0.1, 0.15) is 23.2 Å². The number of amides is 1. The average molecular weight is 423 g/mol. The van der Waals surface area contributed by atoms with Crippen LogP contribution in [-0.4, -0.2) is 37.8 Å². The van der Waals surface area contributed by atoms with Crippen molar-refractivity contribution in [2.24, 2.45) is 0 Å². The number of piperidine rings is 1. The molecule has 5 nitrogen and oxygen atoms in total. The molecule has 3 rings (SSSR count). The lowest BCUT2D eigenvalue weighted by molar-refractivity contribution is 0.0923. The van der Waals surface area contributed by atoms with Crippen LogP contribution in [0, 0.1) is 0 Å². The van der Waals surface area contributed by atoms with Crippen molar-refractivity contribution in [3.05, 3.63) is 64.6 Å². The van der Waals surface area contributed by atoms with Gasteiger partial charge in [0.2, 0.25) is 10.0 Å². The summed E-state index contributed by atoms with van der Waals surface area (Å²) < 4.78 is 27.5. The monoisotopic (exact) mass is 422 g/mol. The van der Waals surface area contributed by atoms with Gasteiger partial charge in [-0.2, -0.15) is 4.31 Å². The minimum absolute atomic E-state index is 0.0261. The molecule has 0 saturated carbocycles. The molecule has 1 aliphatic heterocycles. The Morgan fingerprint density at radius 3 is 2.24 bits per heavy atom. The highest BCUT2D eigenvalue weighted by Gasteiger charge is 2.30. The van der Waals surface area contributed by atoms with Gasteiger partial charge in [-0.05, 0) is 53.0 Å². The summed E-state index contributed by atoms with van der Waals surface area (Å²) in [6.45, 7) is 0.802. The molecule has 1 fully saturated rings. The van der Waals surface area contributed by atoms with Gasteiger partial charge in [0.15, 0.2) is 0 Å². The van der Waals surface area contributed by atoms with E-state index in [1.807, 2.05) is 18.2 Å². The molecule has 1 amide bonds. The maximum Gasteiger partial charge on any atom is 0.252 e. The number of rotatable bonds is 4. The van der Waals surface area contributed by atoms with Gasteiger partial charge < -0.3 is 5.32 Å². The van der Waals surface area contributed by atoms with Crippen LogP contribution in [0.15, 0.2) is 64.0 Å². The van der Waals surface area contributed by atoms with Crippen molar-refractivity contribution in [1.82, 2.24) is 9.62 Å². The molecule has 0 atom stereocenters. The van der Waals surface area contributed by atoms with Crippen molar-refractivity contribution in [1.29, 1.82) is 0 Å². The van der Waals surface area contributed by atoms with E-state index in [9.17, 15) is 13.2 Å². The van der Waals surface area contributed by atoms with Crippen molar-refractivity contribution >= 4 is 31.9 Å². The van der Waals surface area contributed by atoms with Crippen LogP contribution < -0.4 is 5.32 Å². The largest absolute Gasteiger partial charge is 0.349 e. The molecule has 1 N–H and O–H groups in total. The van der Waals surface area contributed by atoms with E-state index in [1.165, 1.54) is 4.31 Å². The van der Waals surface area contributed by atoms with Gasteiger partial charge in [0.05, 0.1) is 10.5 Å². The number of benzene rings is 2. The average Bonchev–Trinajstić information content (AvgIpc) is 2.63. The Kier molecular flexibility index (Phi) is 5.56. The molecule has 0 aliphatic carbocycles. The van der Waals surface area contributed by atoms with Crippen LogP contribution in [0.4, 0.5) is 0 Å². The van der Waals surface area contributed by atoms with E-state index < -0.39 is 10.0 Å². The lowest BCUT2D eigenvalue weighted by Crippen LogP contribution is -2.46. The third kappa shape index (κ3) is 4.11. The molecule has 0 spiro atoms.